The Morgan fingerprint density at radius 3 is 2.18 bits per heavy atom. The third-order valence-electron chi connectivity index (χ3n) is 5.99. The van der Waals surface area contributed by atoms with E-state index in [0.29, 0.717) is 45.8 Å². The van der Waals surface area contributed by atoms with Crippen molar-refractivity contribution in [2.75, 3.05) is 32.7 Å². The molecular weight excluding hydrogens is 580 g/mol. The quantitative estimate of drug-likeness (QED) is 0.143. The first kappa shape index (κ1) is 40.5. The summed E-state index contributed by atoms with van der Waals surface area (Å²) in [5.74, 6) is -0.389. The third-order valence-corrected chi connectivity index (χ3v) is 5.99. The minimum absolute atomic E-state index is 0.0990. The van der Waals surface area contributed by atoms with Crippen LogP contribution in [0.25, 0.3) is 0 Å². The summed E-state index contributed by atoms with van der Waals surface area (Å²) in [7, 11) is -0.881. The summed E-state index contributed by atoms with van der Waals surface area (Å²) in [5, 5.41) is 12.5. The standard InChI is InChI=1S/C18H30BN5O4.C8H10.C2H3F3.CH3NO/c20-6-9-24(10-7-21)17(25)4-3-16(22)18(26)23-8-5-13-1-2-14-12-28-19(27)15(14)11-13;1-2-8-6-4-3-5-7-8;1-2(3,4)5;2-1-3/h1-2,11,16,27H,3-10,12,20-22H2,(H,23,26);3-7H,2H2,1H3;1H3;1H,(H2,2,3). The molecule has 15 heteroatoms. The predicted molar refractivity (Wildman–Crippen MR) is 165 cm³/mol. The van der Waals surface area contributed by atoms with Gasteiger partial charge >= 0.3 is 13.3 Å². The van der Waals surface area contributed by atoms with Crippen molar-refractivity contribution in [3.05, 3.63) is 65.2 Å². The lowest BCUT2D eigenvalue weighted by Crippen LogP contribution is -2.43. The van der Waals surface area contributed by atoms with E-state index in [0.717, 1.165) is 23.0 Å². The Morgan fingerprint density at radius 1 is 1.11 bits per heavy atom. The number of benzene rings is 2. The van der Waals surface area contributed by atoms with Gasteiger partial charge in [-0.05, 0) is 41.4 Å². The number of nitrogens with one attached hydrogen (secondary N) is 1. The first-order valence-corrected chi connectivity index (χ1v) is 14.2. The number of amides is 3. The normalized spacial score (nSPS) is 12.2. The van der Waals surface area contributed by atoms with Gasteiger partial charge in [0.25, 0.3) is 0 Å². The second-order valence-electron chi connectivity index (χ2n) is 9.60. The molecule has 0 aromatic heterocycles. The molecule has 0 bridgehead atoms. The molecule has 0 radical (unpaired) electrons. The van der Waals surface area contributed by atoms with Crippen LogP contribution >= 0.6 is 0 Å². The third kappa shape index (κ3) is 18.9. The highest BCUT2D eigenvalue weighted by molar-refractivity contribution is 6.61. The van der Waals surface area contributed by atoms with Crippen LogP contribution in [0, 0.1) is 0 Å². The molecule has 0 aliphatic carbocycles. The van der Waals surface area contributed by atoms with Gasteiger partial charge < -0.3 is 42.8 Å². The maximum Gasteiger partial charge on any atom is 0.491 e. The summed E-state index contributed by atoms with van der Waals surface area (Å²) in [5.41, 5.74) is 25.2. The van der Waals surface area contributed by atoms with Crippen LogP contribution in [-0.4, -0.2) is 80.2 Å². The molecule has 10 N–H and O–H groups in total. The average molecular weight is 627 g/mol. The smallest absolute Gasteiger partial charge is 0.423 e. The Balaban J connectivity index is 0.000000940. The number of fused-ring (bicyclic) bond motifs is 1. The van der Waals surface area contributed by atoms with Gasteiger partial charge in [-0.2, -0.15) is 13.2 Å². The lowest BCUT2D eigenvalue weighted by atomic mass is 9.78. The lowest BCUT2D eigenvalue weighted by molar-refractivity contribution is -0.131. The van der Waals surface area contributed by atoms with Crippen LogP contribution in [0.4, 0.5) is 13.2 Å². The second-order valence-corrected chi connectivity index (χ2v) is 9.60. The summed E-state index contributed by atoms with van der Waals surface area (Å²) in [6, 6.07) is 15.5. The molecule has 3 amide bonds. The fraction of sp³-hybridized carbons (Fsp3) is 0.483. The fourth-order valence-corrected chi connectivity index (χ4v) is 3.84. The van der Waals surface area contributed by atoms with Crippen LogP contribution < -0.4 is 33.7 Å². The number of aryl methyl sites for hydroxylation is 1. The van der Waals surface area contributed by atoms with Crippen molar-refractivity contribution in [3.63, 3.8) is 0 Å². The number of carbonyl (C=O) groups is 3. The largest absolute Gasteiger partial charge is 0.491 e. The Labute approximate surface area is 257 Å². The molecule has 2 aromatic rings. The monoisotopic (exact) mass is 626 g/mol. The molecule has 0 spiro atoms. The van der Waals surface area contributed by atoms with Gasteiger partial charge in [0.2, 0.25) is 18.2 Å². The summed E-state index contributed by atoms with van der Waals surface area (Å²) in [6.45, 7) is 4.80. The Morgan fingerprint density at radius 2 is 1.68 bits per heavy atom. The van der Waals surface area contributed by atoms with Gasteiger partial charge in [0.05, 0.1) is 12.6 Å². The number of primary amides is 1. The van der Waals surface area contributed by atoms with Crippen molar-refractivity contribution in [2.24, 2.45) is 22.9 Å². The van der Waals surface area contributed by atoms with Gasteiger partial charge in [-0.15, -0.1) is 0 Å². The predicted octanol–water partition coefficient (Wildman–Crippen LogP) is 0.336. The number of carbonyl (C=O) groups excluding carboxylic acids is 3. The molecule has 0 saturated heterocycles. The van der Waals surface area contributed by atoms with Crippen LogP contribution in [0.15, 0.2) is 48.5 Å². The Hall–Kier alpha value is -3.50. The highest BCUT2D eigenvalue weighted by Gasteiger charge is 2.27. The fourth-order valence-electron chi connectivity index (χ4n) is 3.84. The molecule has 1 aliphatic heterocycles. The zero-order valence-corrected chi connectivity index (χ0v) is 25.4. The SMILES string of the molecule is CC(F)(F)F.CCc1ccccc1.NC=O.NCCN(CCN)C(=O)CCC(N)C(=O)NCCc1ccc2c(c1)B(O)OC2. The van der Waals surface area contributed by atoms with E-state index in [1.54, 1.807) is 4.90 Å². The zero-order valence-electron chi connectivity index (χ0n) is 25.4. The molecule has 44 heavy (non-hydrogen) atoms. The zero-order chi connectivity index (χ0) is 33.5. The summed E-state index contributed by atoms with van der Waals surface area (Å²) in [6.07, 6.45) is -1.56. The molecule has 0 saturated carbocycles. The number of hydrogen-bond donors (Lipinski definition) is 6. The van der Waals surface area contributed by atoms with Gasteiger partial charge in [0.1, 0.15) is 0 Å². The van der Waals surface area contributed by atoms with Crippen LogP contribution in [0.1, 0.15) is 43.4 Å². The van der Waals surface area contributed by atoms with E-state index >= 15 is 0 Å². The van der Waals surface area contributed by atoms with Crippen molar-refractivity contribution in [1.82, 2.24) is 10.2 Å². The average Bonchev–Trinajstić information content (AvgIpc) is 3.35. The van der Waals surface area contributed by atoms with E-state index in [1.807, 2.05) is 24.3 Å². The van der Waals surface area contributed by atoms with Crippen molar-refractivity contribution in [3.8, 4) is 0 Å². The Bertz CT molecular complexity index is 1090. The number of halogens is 3. The molecule has 3 rings (SSSR count). The summed E-state index contributed by atoms with van der Waals surface area (Å²) < 4.78 is 36.2. The molecular formula is C29H46BF3N6O5. The second kappa shape index (κ2) is 23.0. The van der Waals surface area contributed by atoms with Crippen molar-refractivity contribution < 1.29 is 37.2 Å². The van der Waals surface area contributed by atoms with Crippen LogP contribution in [0.3, 0.4) is 0 Å². The van der Waals surface area contributed by atoms with Gasteiger partial charge in [0, 0.05) is 46.1 Å². The molecule has 11 nitrogen and oxygen atoms in total. The molecule has 1 heterocycles. The summed E-state index contributed by atoms with van der Waals surface area (Å²) >= 11 is 0. The molecule has 1 atom stereocenters. The van der Waals surface area contributed by atoms with Gasteiger partial charge in [-0.1, -0.05) is 55.5 Å². The van der Waals surface area contributed by atoms with E-state index in [9.17, 15) is 27.8 Å². The van der Waals surface area contributed by atoms with Crippen LogP contribution in [-0.2, 0) is 38.5 Å². The highest BCUT2D eigenvalue weighted by atomic mass is 19.4. The van der Waals surface area contributed by atoms with E-state index < -0.39 is 19.3 Å². The number of nitrogens with zero attached hydrogens (tertiary/aromatic N) is 1. The van der Waals surface area contributed by atoms with Gasteiger partial charge in [-0.3, -0.25) is 14.4 Å². The number of rotatable bonds is 12. The maximum atomic E-state index is 12.2. The number of alkyl halides is 3. The molecule has 0 fully saturated rings. The van der Waals surface area contributed by atoms with E-state index in [1.165, 1.54) is 5.56 Å². The molecule has 2 aromatic carbocycles. The van der Waals surface area contributed by atoms with Crippen LogP contribution in [0.2, 0.25) is 0 Å². The lowest BCUT2D eigenvalue weighted by Gasteiger charge is -2.22. The first-order chi connectivity index (χ1) is 20.8. The molecule has 1 aliphatic rings. The van der Waals surface area contributed by atoms with Crippen molar-refractivity contribution in [1.29, 1.82) is 0 Å². The minimum atomic E-state index is -4.00. The number of nitrogens with two attached hydrogens (primary N) is 4. The molecule has 246 valence electrons. The van der Waals surface area contributed by atoms with Gasteiger partial charge in [-0.25, -0.2) is 0 Å². The summed E-state index contributed by atoms with van der Waals surface area (Å²) in [4.78, 5) is 34.5. The minimum Gasteiger partial charge on any atom is -0.423 e. The topological polar surface area (TPSA) is 200 Å². The molecule has 1 unspecified atom stereocenters. The highest BCUT2D eigenvalue weighted by Crippen LogP contribution is 2.12. The van der Waals surface area contributed by atoms with Gasteiger partial charge in [0.15, 0.2) is 0 Å². The van der Waals surface area contributed by atoms with E-state index in [2.05, 4.69) is 42.2 Å². The van der Waals surface area contributed by atoms with E-state index in [-0.39, 0.29) is 38.0 Å². The number of hydrogen-bond acceptors (Lipinski definition) is 8. The van der Waals surface area contributed by atoms with Crippen molar-refractivity contribution in [2.45, 2.75) is 58.4 Å². The Kier molecular flexibility index (Phi) is 21.1. The van der Waals surface area contributed by atoms with Crippen LogP contribution in [0.5, 0.6) is 0 Å². The van der Waals surface area contributed by atoms with E-state index in [4.69, 9.17) is 26.6 Å². The first-order valence-electron chi connectivity index (χ1n) is 14.2. The maximum absolute atomic E-state index is 12.2. The van der Waals surface area contributed by atoms with Crippen molar-refractivity contribution >= 4 is 30.8 Å².